The lowest BCUT2D eigenvalue weighted by Crippen LogP contribution is -2.49. The summed E-state index contributed by atoms with van der Waals surface area (Å²) in [6.07, 6.45) is 6.27. The molecule has 0 bridgehead atoms. The zero-order valence-electron chi connectivity index (χ0n) is 11.5. The van der Waals surface area contributed by atoms with Gasteiger partial charge in [0, 0.05) is 27.7 Å². The van der Waals surface area contributed by atoms with Crippen LogP contribution in [0.4, 0.5) is 0 Å². The predicted molar refractivity (Wildman–Crippen MR) is 81.6 cm³/mol. The van der Waals surface area contributed by atoms with Crippen molar-refractivity contribution in [1.82, 2.24) is 5.32 Å². The zero-order chi connectivity index (χ0) is 13.0. The van der Waals surface area contributed by atoms with Crippen LogP contribution in [0, 0.1) is 5.92 Å². The van der Waals surface area contributed by atoms with Gasteiger partial charge in [0.05, 0.1) is 0 Å². The van der Waals surface area contributed by atoms with Crippen LogP contribution >= 0.6 is 22.9 Å². The van der Waals surface area contributed by atoms with Crippen molar-refractivity contribution < 1.29 is 0 Å². The molecule has 0 aliphatic heterocycles. The van der Waals surface area contributed by atoms with E-state index >= 15 is 0 Å². The Balaban J connectivity index is 1.93. The molecule has 0 saturated heterocycles. The second kappa shape index (κ2) is 6.40. The van der Waals surface area contributed by atoms with Gasteiger partial charge in [0.1, 0.15) is 0 Å². The Kier molecular flexibility index (Phi) is 5.11. The number of alkyl halides is 1. The molecule has 0 radical (unpaired) electrons. The molecule has 1 saturated carbocycles. The van der Waals surface area contributed by atoms with E-state index in [9.17, 15) is 0 Å². The zero-order valence-corrected chi connectivity index (χ0v) is 13.0. The second-order valence-electron chi connectivity index (χ2n) is 5.69. The fraction of sp³-hybridized carbons (Fsp3) is 0.733. The van der Waals surface area contributed by atoms with Crippen molar-refractivity contribution in [3.05, 3.63) is 21.9 Å². The Morgan fingerprint density at radius 3 is 2.83 bits per heavy atom. The van der Waals surface area contributed by atoms with Gasteiger partial charge in [-0.2, -0.15) is 0 Å². The fourth-order valence-electron chi connectivity index (χ4n) is 2.97. The topological polar surface area (TPSA) is 12.0 Å². The summed E-state index contributed by atoms with van der Waals surface area (Å²) in [5.74, 6) is 1.54. The van der Waals surface area contributed by atoms with Crippen molar-refractivity contribution in [3.8, 4) is 0 Å². The molecule has 102 valence electrons. The molecule has 1 aromatic rings. The van der Waals surface area contributed by atoms with E-state index in [1.165, 1.54) is 35.4 Å². The molecular formula is C15H24ClNS. The molecule has 1 aliphatic rings. The molecule has 2 atom stereocenters. The summed E-state index contributed by atoms with van der Waals surface area (Å²) in [7, 11) is 0. The minimum atomic E-state index is 0.176. The minimum Gasteiger partial charge on any atom is -0.305 e. The van der Waals surface area contributed by atoms with Gasteiger partial charge in [-0.1, -0.05) is 26.7 Å². The Hall–Kier alpha value is -0.0500. The van der Waals surface area contributed by atoms with Crippen molar-refractivity contribution in [3.63, 3.8) is 0 Å². The molecule has 18 heavy (non-hydrogen) atoms. The lowest BCUT2D eigenvalue weighted by atomic mass is 9.77. The molecule has 2 unspecified atom stereocenters. The van der Waals surface area contributed by atoms with Crippen molar-refractivity contribution in [2.45, 2.75) is 58.0 Å². The highest BCUT2D eigenvalue weighted by atomic mass is 35.5. The summed E-state index contributed by atoms with van der Waals surface area (Å²) in [5, 5.41) is 3.75. The van der Waals surface area contributed by atoms with Gasteiger partial charge in [-0.25, -0.2) is 0 Å². The lowest BCUT2D eigenvalue weighted by Gasteiger charge is -2.39. The molecule has 0 spiro atoms. The van der Waals surface area contributed by atoms with Crippen molar-refractivity contribution >= 4 is 22.9 Å². The molecule has 1 aliphatic carbocycles. The van der Waals surface area contributed by atoms with E-state index in [0.717, 1.165) is 24.8 Å². The van der Waals surface area contributed by atoms with Crippen LogP contribution in [0.1, 0.15) is 49.3 Å². The van der Waals surface area contributed by atoms with Crippen LogP contribution in [-0.4, -0.2) is 11.4 Å². The maximum absolute atomic E-state index is 6.24. The average molecular weight is 286 g/mol. The molecule has 1 N–H and O–H groups in total. The maximum Gasteiger partial charge on any atom is 0.0406 e. The quantitative estimate of drug-likeness (QED) is 0.781. The number of hydrogen-bond acceptors (Lipinski definition) is 2. The first-order valence-corrected chi connectivity index (χ1v) is 8.41. The van der Waals surface area contributed by atoms with E-state index in [-0.39, 0.29) is 5.54 Å². The third kappa shape index (κ3) is 3.49. The number of halogens is 1. The summed E-state index contributed by atoms with van der Waals surface area (Å²) in [4.78, 5) is 2.92. The van der Waals surface area contributed by atoms with Crippen LogP contribution in [0.3, 0.4) is 0 Å². The summed E-state index contributed by atoms with van der Waals surface area (Å²) in [6, 6.07) is 4.50. The standard InChI is InChI=1S/C15H24ClNS/c1-3-13-6-7-14(18-13)10-17-15(11-16)8-4-5-12(2)9-15/h6-7,12,17H,3-5,8-11H2,1-2H3. The van der Waals surface area contributed by atoms with Gasteiger partial charge in [-0.3, -0.25) is 0 Å². The summed E-state index contributed by atoms with van der Waals surface area (Å²) < 4.78 is 0. The number of hydrogen-bond donors (Lipinski definition) is 1. The second-order valence-corrected chi connectivity index (χ2v) is 7.21. The Morgan fingerprint density at radius 1 is 1.44 bits per heavy atom. The first-order valence-electron chi connectivity index (χ1n) is 7.06. The van der Waals surface area contributed by atoms with E-state index in [0.29, 0.717) is 0 Å². The average Bonchev–Trinajstić information content (AvgIpc) is 2.84. The number of thiophene rings is 1. The van der Waals surface area contributed by atoms with Crippen LogP contribution in [0.5, 0.6) is 0 Å². The third-order valence-electron chi connectivity index (χ3n) is 4.05. The molecule has 0 aromatic carbocycles. The molecule has 1 heterocycles. The smallest absolute Gasteiger partial charge is 0.0406 e. The third-order valence-corrected chi connectivity index (χ3v) is 5.79. The van der Waals surface area contributed by atoms with Crippen LogP contribution < -0.4 is 5.32 Å². The fourth-order valence-corrected chi connectivity index (χ4v) is 4.21. The normalized spacial score (nSPS) is 28.5. The van der Waals surface area contributed by atoms with Crippen LogP contribution in [-0.2, 0) is 13.0 Å². The molecule has 1 aromatic heterocycles. The summed E-state index contributed by atoms with van der Waals surface area (Å²) in [6.45, 7) is 5.54. The van der Waals surface area contributed by atoms with Gasteiger partial charge in [0.2, 0.25) is 0 Å². The molecule has 1 fully saturated rings. The van der Waals surface area contributed by atoms with Gasteiger partial charge >= 0.3 is 0 Å². The number of nitrogens with one attached hydrogen (secondary N) is 1. The molecule has 2 rings (SSSR count). The van der Waals surface area contributed by atoms with Crippen molar-refractivity contribution in [2.75, 3.05) is 5.88 Å². The van der Waals surface area contributed by atoms with Gasteiger partial charge in [-0.15, -0.1) is 22.9 Å². The SMILES string of the molecule is CCc1ccc(CNC2(CCl)CCCC(C)C2)s1. The van der Waals surface area contributed by atoms with Gasteiger partial charge < -0.3 is 5.32 Å². The maximum atomic E-state index is 6.24. The Labute approximate surface area is 120 Å². The number of aryl methyl sites for hydroxylation is 1. The molecular weight excluding hydrogens is 262 g/mol. The van der Waals surface area contributed by atoms with Crippen LogP contribution in [0.2, 0.25) is 0 Å². The monoisotopic (exact) mass is 285 g/mol. The highest BCUT2D eigenvalue weighted by Gasteiger charge is 2.33. The van der Waals surface area contributed by atoms with E-state index < -0.39 is 0 Å². The highest BCUT2D eigenvalue weighted by Crippen LogP contribution is 2.33. The summed E-state index contributed by atoms with van der Waals surface area (Å²) >= 11 is 8.17. The van der Waals surface area contributed by atoms with E-state index in [4.69, 9.17) is 11.6 Å². The van der Waals surface area contributed by atoms with Crippen LogP contribution in [0.25, 0.3) is 0 Å². The Bertz CT molecular complexity index is 376. The summed E-state index contributed by atoms with van der Waals surface area (Å²) in [5.41, 5.74) is 0.176. The minimum absolute atomic E-state index is 0.176. The van der Waals surface area contributed by atoms with Gasteiger partial charge in [0.25, 0.3) is 0 Å². The largest absolute Gasteiger partial charge is 0.305 e. The highest BCUT2D eigenvalue weighted by molar-refractivity contribution is 7.11. The molecule has 1 nitrogen and oxygen atoms in total. The van der Waals surface area contributed by atoms with E-state index in [1.807, 2.05) is 11.3 Å². The van der Waals surface area contributed by atoms with Crippen molar-refractivity contribution in [1.29, 1.82) is 0 Å². The molecule has 3 heteroatoms. The number of rotatable bonds is 5. The predicted octanol–water partition coefficient (Wildman–Crippen LogP) is 4.59. The lowest BCUT2D eigenvalue weighted by molar-refractivity contribution is 0.208. The first-order chi connectivity index (χ1) is 8.67. The Morgan fingerprint density at radius 2 is 2.22 bits per heavy atom. The first kappa shape index (κ1) is 14.4. The van der Waals surface area contributed by atoms with Crippen LogP contribution in [0.15, 0.2) is 12.1 Å². The van der Waals surface area contributed by atoms with Gasteiger partial charge in [-0.05, 0) is 37.3 Å². The van der Waals surface area contributed by atoms with Crippen molar-refractivity contribution in [2.24, 2.45) is 5.92 Å². The van der Waals surface area contributed by atoms with Gasteiger partial charge in [0.15, 0.2) is 0 Å². The molecule has 0 amide bonds. The van der Waals surface area contributed by atoms with E-state index in [2.05, 4.69) is 31.3 Å². The van der Waals surface area contributed by atoms with E-state index in [1.54, 1.807) is 0 Å².